The van der Waals surface area contributed by atoms with E-state index in [1.165, 1.54) is 0 Å². The molecule has 0 aromatic heterocycles. The molecule has 0 bridgehead atoms. The van der Waals surface area contributed by atoms with Gasteiger partial charge in [0.2, 0.25) is 0 Å². The lowest BCUT2D eigenvalue weighted by Crippen LogP contribution is -2.40. The minimum absolute atomic E-state index is 0.389. The molecule has 18 heavy (non-hydrogen) atoms. The summed E-state index contributed by atoms with van der Waals surface area (Å²) in [4.78, 5) is 4.46. The van der Waals surface area contributed by atoms with Crippen LogP contribution >= 0.6 is 0 Å². The van der Waals surface area contributed by atoms with Crippen molar-refractivity contribution < 1.29 is 0 Å². The maximum Gasteiger partial charge on any atom is 0.101 e. The maximum atomic E-state index is 9.26. The van der Waals surface area contributed by atoms with Gasteiger partial charge in [-0.25, -0.2) is 0 Å². The fourth-order valence-corrected chi connectivity index (χ4v) is 2.34. The lowest BCUT2D eigenvalue weighted by atomic mass is 10.1. The summed E-state index contributed by atoms with van der Waals surface area (Å²) in [6.45, 7) is 8.24. The molecule has 0 saturated heterocycles. The third-order valence-corrected chi connectivity index (χ3v) is 3.08. The molecule has 0 saturated carbocycles. The Labute approximate surface area is 111 Å². The Kier molecular flexibility index (Phi) is 5.18. The monoisotopic (exact) mass is 245 g/mol. The Morgan fingerprint density at radius 2 is 2.00 bits per heavy atom. The van der Waals surface area contributed by atoms with Crippen LogP contribution in [0.3, 0.4) is 0 Å². The van der Waals surface area contributed by atoms with E-state index < -0.39 is 0 Å². The number of nitriles is 1. The van der Waals surface area contributed by atoms with Gasteiger partial charge in [-0.05, 0) is 52.6 Å². The van der Waals surface area contributed by atoms with Gasteiger partial charge in [-0.2, -0.15) is 5.26 Å². The molecule has 1 aromatic rings. The minimum Gasteiger partial charge on any atom is -0.367 e. The third-order valence-electron chi connectivity index (χ3n) is 3.08. The lowest BCUT2D eigenvalue weighted by molar-refractivity contribution is 0.373. The zero-order valence-electron chi connectivity index (χ0n) is 12.1. The summed E-state index contributed by atoms with van der Waals surface area (Å²) in [6, 6.07) is 8.78. The van der Waals surface area contributed by atoms with Crippen LogP contribution in [0.2, 0.25) is 0 Å². The molecule has 0 heterocycles. The summed E-state index contributed by atoms with van der Waals surface area (Å²) >= 11 is 0. The summed E-state index contributed by atoms with van der Waals surface area (Å²) in [5.74, 6) is 0. The molecular formula is C15H23N3. The van der Waals surface area contributed by atoms with Crippen molar-refractivity contribution in [3.63, 3.8) is 0 Å². The number of hydrogen-bond donors (Lipinski definition) is 0. The van der Waals surface area contributed by atoms with Gasteiger partial charge in [-0.1, -0.05) is 6.07 Å². The molecule has 1 unspecified atom stereocenters. The number of benzene rings is 1. The number of hydrogen-bond acceptors (Lipinski definition) is 3. The van der Waals surface area contributed by atoms with Crippen LogP contribution in [0.25, 0.3) is 0 Å². The highest BCUT2D eigenvalue weighted by atomic mass is 15.2. The van der Waals surface area contributed by atoms with Gasteiger partial charge in [0.1, 0.15) is 6.07 Å². The minimum atomic E-state index is 0.389. The summed E-state index contributed by atoms with van der Waals surface area (Å²) in [5, 5.41) is 9.26. The summed E-state index contributed by atoms with van der Waals surface area (Å²) in [7, 11) is 4.15. The molecule has 0 radical (unpaired) electrons. The van der Waals surface area contributed by atoms with E-state index in [1.807, 2.05) is 13.0 Å². The maximum absolute atomic E-state index is 9.26. The molecule has 0 N–H and O–H groups in total. The van der Waals surface area contributed by atoms with Crippen LogP contribution in [0.1, 0.15) is 25.0 Å². The van der Waals surface area contributed by atoms with Gasteiger partial charge in [0, 0.05) is 19.1 Å². The second kappa shape index (κ2) is 6.42. The van der Waals surface area contributed by atoms with Crippen molar-refractivity contribution in [3.05, 3.63) is 29.3 Å². The zero-order chi connectivity index (χ0) is 13.7. The van der Waals surface area contributed by atoms with Crippen LogP contribution in [0.5, 0.6) is 0 Å². The summed E-state index contributed by atoms with van der Waals surface area (Å²) < 4.78 is 0. The lowest BCUT2D eigenvalue weighted by Gasteiger charge is -2.32. The van der Waals surface area contributed by atoms with E-state index in [9.17, 15) is 5.26 Å². The Balaban J connectivity index is 3.05. The molecule has 1 aromatic carbocycles. The SMILES string of the molecule is CCN(c1ccc(C)cc1C#N)C(C)CN(C)C. The zero-order valence-corrected chi connectivity index (χ0v) is 12.1. The number of rotatable bonds is 5. The number of anilines is 1. The predicted octanol–water partition coefficient (Wildman–Crippen LogP) is 2.64. The molecule has 98 valence electrons. The van der Waals surface area contributed by atoms with Crippen LogP contribution in [0.4, 0.5) is 5.69 Å². The Morgan fingerprint density at radius 1 is 1.33 bits per heavy atom. The van der Waals surface area contributed by atoms with Crippen LogP contribution in [-0.4, -0.2) is 38.1 Å². The van der Waals surface area contributed by atoms with E-state index in [0.29, 0.717) is 6.04 Å². The normalized spacial score (nSPS) is 12.3. The number of aryl methyl sites for hydroxylation is 1. The van der Waals surface area contributed by atoms with Gasteiger partial charge in [-0.3, -0.25) is 0 Å². The molecule has 0 amide bonds. The molecule has 0 spiro atoms. The first kappa shape index (κ1) is 14.5. The largest absolute Gasteiger partial charge is 0.367 e. The molecule has 1 rings (SSSR count). The first-order valence-corrected chi connectivity index (χ1v) is 6.41. The topological polar surface area (TPSA) is 30.3 Å². The molecule has 0 aliphatic carbocycles. The Bertz CT molecular complexity index is 432. The molecule has 3 heteroatoms. The molecule has 1 atom stereocenters. The van der Waals surface area contributed by atoms with Crippen LogP contribution in [0.15, 0.2) is 18.2 Å². The Morgan fingerprint density at radius 3 is 2.50 bits per heavy atom. The quantitative estimate of drug-likeness (QED) is 0.799. The van der Waals surface area contributed by atoms with Crippen molar-refractivity contribution in [2.75, 3.05) is 32.1 Å². The van der Waals surface area contributed by atoms with E-state index in [1.54, 1.807) is 0 Å². The second-order valence-corrected chi connectivity index (χ2v) is 5.03. The first-order chi connectivity index (χ1) is 8.49. The van der Waals surface area contributed by atoms with E-state index in [-0.39, 0.29) is 0 Å². The molecular weight excluding hydrogens is 222 g/mol. The molecule has 0 aliphatic rings. The fourth-order valence-electron chi connectivity index (χ4n) is 2.34. The van der Waals surface area contributed by atoms with Crippen molar-refractivity contribution in [2.45, 2.75) is 26.8 Å². The van der Waals surface area contributed by atoms with Crippen molar-refractivity contribution in [3.8, 4) is 6.07 Å². The van der Waals surface area contributed by atoms with Crippen LogP contribution in [0, 0.1) is 18.3 Å². The highest BCUT2D eigenvalue weighted by Crippen LogP contribution is 2.23. The predicted molar refractivity (Wildman–Crippen MR) is 76.9 cm³/mol. The summed E-state index contributed by atoms with van der Waals surface area (Å²) in [5.41, 5.74) is 2.94. The van der Waals surface area contributed by atoms with Gasteiger partial charge in [-0.15, -0.1) is 0 Å². The van der Waals surface area contributed by atoms with Crippen molar-refractivity contribution in [1.29, 1.82) is 5.26 Å². The molecule has 3 nitrogen and oxygen atoms in total. The third kappa shape index (κ3) is 3.48. The smallest absolute Gasteiger partial charge is 0.101 e. The summed E-state index contributed by atoms with van der Waals surface area (Å²) in [6.07, 6.45) is 0. The average molecular weight is 245 g/mol. The average Bonchev–Trinajstić information content (AvgIpc) is 2.30. The van der Waals surface area contributed by atoms with Crippen molar-refractivity contribution in [2.24, 2.45) is 0 Å². The highest BCUT2D eigenvalue weighted by Gasteiger charge is 2.16. The van der Waals surface area contributed by atoms with Crippen molar-refractivity contribution in [1.82, 2.24) is 4.90 Å². The van der Waals surface area contributed by atoms with Gasteiger partial charge in [0.05, 0.1) is 11.3 Å². The van der Waals surface area contributed by atoms with Gasteiger partial charge in [0.15, 0.2) is 0 Å². The van der Waals surface area contributed by atoms with E-state index in [0.717, 1.165) is 29.9 Å². The van der Waals surface area contributed by atoms with E-state index in [2.05, 4.69) is 55.9 Å². The van der Waals surface area contributed by atoms with Crippen LogP contribution in [-0.2, 0) is 0 Å². The van der Waals surface area contributed by atoms with Gasteiger partial charge in [0.25, 0.3) is 0 Å². The number of likely N-dealkylation sites (N-methyl/N-ethyl adjacent to an activating group) is 2. The standard InChI is InChI=1S/C15H23N3/c1-6-18(13(3)11-17(4)5)15-8-7-12(2)9-14(15)10-16/h7-9,13H,6,11H2,1-5H3. The molecule has 0 aliphatic heterocycles. The molecule has 0 fully saturated rings. The highest BCUT2D eigenvalue weighted by molar-refractivity contribution is 5.60. The van der Waals surface area contributed by atoms with Crippen LogP contribution < -0.4 is 4.90 Å². The first-order valence-electron chi connectivity index (χ1n) is 6.41. The van der Waals surface area contributed by atoms with E-state index >= 15 is 0 Å². The Hall–Kier alpha value is -1.53. The van der Waals surface area contributed by atoms with Gasteiger partial charge >= 0.3 is 0 Å². The second-order valence-electron chi connectivity index (χ2n) is 5.03. The van der Waals surface area contributed by atoms with Crippen molar-refractivity contribution >= 4 is 5.69 Å². The number of nitrogens with zero attached hydrogens (tertiary/aromatic N) is 3. The van der Waals surface area contributed by atoms with Gasteiger partial charge < -0.3 is 9.80 Å². The fraction of sp³-hybridized carbons (Fsp3) is 0.533. The van der Waals surface area contributed by atoms with E-state index in [4.69, 9.17) is 0 Å².